The van der Waals surface area contributed by atoms with Gasteiger partial charge in [-0.25, -0.2) is 12.8 Å². The van der Waals surface area contributed by atoms with E-state index in [1.807, 2.05) is 13.8 Å². The van der Waals surface area contributed by atoms with Gasteiger partial charge < -0.3 is 5.32 Å². The number of nitrogens with one attached hydrogen (secondary N) is 2. The molecule has 2 aromatic carbocycles. The summed E-state index contributed by atoms with van der Waals surface area (Å²) in [5.41, 5.74) is 0.756. The first-order valence-corrected chi connectivity index (χ1v) is 10.5. The van der Waals surface area contributed by atoms with Crippen LogP contribution in [0.5, 0.6) is 0 Å². The Morgan fingerprint density at radius 1 is 1.25 bits per heavy atom. The smallest absolute Gasteiger partial charge is 0.263 e. The van der Waals surface area contributed by atoms with E-state index < -0.39 is 27.8 Å². The molecule has 148 valence electrons. The van der Waals surface area contributed by atoms with Gasteiger partial charge in [0.15, 0.2) is 0 Å². The number of fused-ring (bicyclic) bond motifs is 1. The first-order valence-electron chi connectivity index (χ1n) is 8.63. The van der Waals surface area contributed by atoms with Crippen molar-refractivity contribution in [3.8, 4) is 0 Å². The highest BCUT2D eigenvalue weighted by atomic mass is 35.5. The number of benzene rings is 2. The number of sulfonamides is 1. The Morgan fingerprint density at radius 2 is 1.96 bits per heavy atom. The van der Waals surface area contributed by atoms with Crippen molar-refractivity contribution in [1.29, 1.82) is 0 Å². The van der Waals surface area contributed by atoms with Gasteiger partial charge in [-0.1, -0.05) is 37.6 Å². The molecule has 0 bridgehead atoms. The number of carbonyl (C=O) groups excluding carboxylic acids is 1. The zero-order chi connectivity index (χ0) is 20.5. The molecule has 0 saturated carbocycles. The van der Waals surface area contributed by atoms with Crippen LogP contribution in [-0.2, 0) is 14.8 Å². The molecule has 0 aromatic heterocycles. The summed E-state index contributed by atoms with van der Waals surface area (Å²) >= 11 is 5.76. The molecule has 2 N–H and O–H groups in total. The molecule has 1 atom stereocenters. The van der Waals surface area contributed by atoms with Crippen molar-refractivity contribution < 1.29 is 17.6 Å². The first-order chi connectivity index (χ1) is 13.2. The molecule has 1 amide bonds. The van der Waals surface area contributed by atoms with E-state index in [9.17, 15) is 17.6 Å². The highest BCUT2D eigenvalue weighted by Crippen LogP contribution is 2.24. The zero-order valence-electron chi connectivity index (χ0n) is 15.2. The molecule has 1 unspecified atom stereocenters. The van der Waals surface area contributed by atoms with E-state index in [2.05, 4.69) is 15.0 Å². The van der Waals surface area contributed by atoms with Crippen LogP contribution < -0.4 is 10.0 Å². The topological polar surface area (TPSA) is 87.6 Å². The van der Waals surface area contributed by atoms with Crippen molar-refractivity contribution in [2.75, 3.05) is 5.32 Å². The van der Waals surface area contributed by atoms with Crippen molar-refractivity contribution >= 4 is 39.1 Å². The van der Waals surface area contributed by atoms with E-state index in [-0.39, 0.29) is 21.7 Å². The van der Waals surface area contributed by atoms with Crippen LogP contribution in [0.1, 0.15) is 25.8 Å². The molecule has 0 spiro atoms. The summed E-state index contributed by atoms with van der Waals surface area (Å²) < 4.78 is 40.2. The number of aliphatic imine (C=N–C) groups is 1. The lowest BCUT2D eigenvalue weighted by Crippen LogP contribution is -2.31. The van der Waals surface area contributed by atoms with Crippen molar-refractivity contribution in [2.45, 2.75) is 31.2 Å². The predicted molar refractivity (Wildman–Crippen MR) is 107 cm³/mol. The minimum Gasteiger partial charge on any atom is -0.324 e. The van der Waals surface area contributed by atoms with Gasteiger partial charge in [0.05, 0.1) is 9.92 Å². The molecule has 0 radical (unpaired) electrons. The number of amides is 1. The van der Waals surface area contributed by atoms with Crippen LogP contribution in [0.2, 0.25) is 5.02 Å². The van der Waals surface area contributed by atoms with Gasteiger partial charge in [0.25, 0.3) is 10.0 Å². The van der Waals surface area contributed by atoms with Crippen molar-refractivity contribution in [1.82, 2.24) is 4.72 Å². The van der Waals surface area contributed by atoms with E-state index in [0.717, 1.165) is 6.07 Å². The Morgan fingerprint density at radius 3 is 2.64 bits per heavy atom. The summed E-state index contributed by atoms with van der Waals surface area (Å²) in [5, 5.41) is 2.55. The maximum atomic E-state index is 13.3. The van der Waals surface area contributed by atoms with Crippen LogP contribution in [0, 0.1) is 11.7 Å². The molecule has 28 heavy (non-hydrogen) atoms. The molecule has 0 saturated heterocycles. The van der Waals surface area contributed by atoms with Gasteiger partial charge in [0, 0.05) is 11.3 Å². The van der Waals surface area contributed by atoms with Gasteiger partial charge in [0.2, 0.25) is 5.91 Å². The molecule has 1 heterocycles. The molecule has 0 fully saturated rings. The lowest BCUT2D eigenvalue weighted by molar-refractivity contribution is -0.117. The van der Waals surface area contributed by atoms with Crippen molar-refractivity contribution in [3.05, 3.63) is 58.9 Å². The van der Waals surface area contributed by atoms with Gasteiger partial charge in [-0.05, 0) is 42.7 Å². The lowest BCUT2D eigenvalue weighted by Gasteiger charge is -2.16. The minimum absolute atomic E-state index is 0.109. The molecular formula is C19H19ClFN3O3S. The van der Waals surface area contributed by atoms with Crippen LogP contribution >= 0.6 is 11.6 Å². The van der Waals surface area contributed by atoms with Crippen molar-refractivity contribution in [2.24, 2.45) is 10.9 Å². The van der Waals surface area contributed by atoms with Crippen molar-refractivity contribution in [3.63, 3.8) is 0 Å². The summed E-state index contributed by atoms with van der Waals surface area (Å²) in [6.07, 6.45) is 0.397. The predicted octanol–water partition coefficient (Wildman–Crippen LogP) is 3.57. The largest absolute Gasteiger partial charge is 0.324 e. The Hall–Kier alpha value is -2.45. The number of rotatable bonds is 5. The average Bonchev–Trinajstić information content (AvgIpc) is 2.88. The fourth-order valence-electron chi connectivity index (χ4n) is 2.85. The third-order valence-corrected chi connectivity index (χ3v) is 5.82. The molecule has 0 aliphatic carbocycles. The number of hydrogen-bond donors (Lipinski definition) is 2. The normalized spacial score (nSPS) is 17.2. The second kappa shape index (κ2) is 7.89. The van der Waals surface area contributed by atoms with Gasteiger partial charge in [-0.2, -0.15) is 0 Å². The first kappa shape index (κ1) is 20.3. The molecule has 2 aromatic rings. The standard InChI is InChI=1S/C19H19ClFN3O3S/c1-11(2)9-16(19(25)22-12-7-8-15(21)14(20)10-12)23-18-13-5-3-4-6-17(13)28(26,27)24-18/h3-8,10-11,16H,9H2,1-2H3,(H,22,25)(H,23,24). The quantitative estimate of drug-likeness (QED) is 0.770. The second-order valence-corrected chi connectivity index (χ2v) is 8.90. The molecule has 1 aliphatic heterocycles. The van der Waals surface area contributed by atoms with Gasteiger partial charge in [-0.15, -0.1) is 0 Å². The van der Waals surface area contributed by atoms with E-state index in [0.29, 0.717) is 17.7 Å². The van der Waals surface area contributed by atoms with Crippen LogP contribution in [0.3, 0.4) is 0 Å². The number of carbonyl (C=O) groups is 1. The average molecular weight is 424 g/mol. The lowest BCUT2D eigenvalue weighted by atomic mass is 10.0. The number of nitrogens with zero attached hydrogens (tertiary/aromatic N) is 1. The van der Waals surface area contributed by atoms with Crippen LogP contribution in [-0.4, -0.2) is 26.2 Å². The second-order valence-electron chi connectivity index (χ2n) is 6.84. The van der Waals surface area contributed by atoms with E-state index in [1.165, 1.54) is 18.2 Å². The summed E-state index contributed by atoms with van der Waals surface area (Å²) in [7, 11) is -3.70. The Kier molecular flexibility index (Phi) is 5.71. The summed E-state index contributed by atoms with van der Waals surface area (Å²) in [6.45, 7) is 3.87. The summed E-state index contributed by atoms with van der Waals surface area (Å²) in [4.78, 5) is 17.3. The summed E-state index contributed by atoms with van der Waals surface area (Å²) in [6, 6.07) is 9.46. The highest BCUT2D eigenvalue weighted by molar-refractivity contribution is 7.90. The fourth-order valence-corrected chi connectivity index (χ4v) is 4.27. The van der Waals surface area contributed by atoms with Crippen LogP contribution in [0.15, 0.2) is 52.4 Å². The number of amidine groups is 1. The third-order valence-electron chi connectivity index (χ3n) is 4.13. The monoisotopic (exact) mass is 423 g/mol. The maximum absolute atomic E-state index is 13.3. The van der Waals surface area contributed by atoms with Gasteiger partial charge in [0.1, 0.15) is 17.7 Å². The van der Waals surface area contributed by atoms with E-state index in [1.54, 1.807) is 18.2 Å². The SMILES string of the molecule is CC(C)CC(N=C1NS(=O)(=O)c2ccccc21)C(=O)Nc1ccc(F)c(Cl)c1. The molecule has 3 rings (SSSR count). The fraction of sp³-hybridized carbons (Fsp3) is 0.263. The molecule has 9 heteroatoms. The number of anilines is 1. The van der Waals surface area contributed by atoms with Crippen LogP contribution in [0.4, 0.5) is 10.1 Å². The highest BCUT2D eigenvalue weighted by Gasteiger charge is 2.32. The third kappa shape index (κ3) is 4.34. The molecule has 6 nitrogen and oxygen atoms in total. The Labute approximate surface area is 167 Å². The van der Waals surface area contributed by atoms with E-state index in [4.69, 9.17) is 11.6 Å². The maximum Gasteiger partial charge on any atom is 0.263 e. The number of hydrogen-bond acceptors (Lipinski definition) is 4. The van der Waals surface area contributed by atoms with Crippen LogP contribution in [0.25, 0.3) is 0 Å². The van der Waals surface area contributed by atoms with E-state index >= 15 is 0 Å². The van der Waals surface area contributed by atoms with Gasteiger partial charge in [-0.3, -0.25) is 14.5 Å². The minimum atomic E-state index is -3.70. The molecular weight excluding hydrogens is 405 g/mol. The number of halogens is 2. The Balaban J connectivity index is 1.91. The van der Waals surface area contributed by atoms with Gasteiger partial charge >= 0.3 is 0 Å². The zero-order valence-corrected chi connectivity index (χ0v) is 16.8. The summed E-state index contributed by atoms with van der Waals surface area (Å²) in [5.74, 6) is -0.762. The molecule has 1 aliphatic rings. The Bertz CT molecular complexity index is 1050.